The minimum atomic E-state index is -0.0936. The molecule has 5 heteroatoms. The normalized spacial score (nSPS) is 20.4. The first-order valence-electron chi connectivity index (χ1n) is 5.16. The van der Waals surface area contributed by atoms with E-state index < -0.39 is 0 Å². The molecule has 0 radical (unpaired) electrons. The van der Waals surface area contributed by atoms with Gasteiger partial charge in [0.15, 0.2) is 6.17 Å². The van der Waals surface area contributed by atoms with Crippen molar-refractivity contribution in [1.29, 1.82) is 0 Å². The summed E-state index contributed by atoms with van der Waals surface area (Å²) in [5.74, 6) is 0.859. The molecule has 0 saturated heterocycles. The molecule has 1 heterocycles. The Morgan fingerprint density at radius 2 is 1.88 bits per heavy atom. The van der Waals surface area contributed by atoms with E-state index in [9.17, 15) is 0 Å². The molecule has 1 aliphatic heterocycles. The van der Waals surface area contributed by atoms with Crippen molar-refractivity contribution in [2.24, 2.45) is 16.5 Å². The molecule has 84 valence electrons. The van der Waals surface area contributed by atoms with E-state index in [-0.39, 0.29) is 6.17 Å². The van der Waals surface area contributed by atoms with Gasteiger partial charge in [-0.05, 0) is 26.0 Å². The van der Waals surface area contributed by atoms with Crippen molar-refractivity contribution in [3.8, 4) is 0 Å². The fraction of sp³-hybridized carbons (Fsp3) is 0.273. The molecule has 0 aromatic heterocycles. The molecule has 1 aliphatic rings. The van der Waals surface area contributed by atoms with Gasteiger partial charge in [-0.3, -0.25) is 5.73 Å². The predicted octanol–water partition coefficient (Wildman–Crippen LogP) is 0.218. The summed E-state index contributed by atoms with van der Waals surface area (Å²) in [5, 5.41) is 2.82. The maximum atomic E-state index is 5.90. The maximum absolute atomic E-state index is 5.90. The number of nitrogens with two attached hydrogens (primary N) is 2. The second kappa shape index (κ2) is 3.84. The Labute approximate surface area is 94.5 Å². The van der Waals surface area contributed by atoms with Gasteiger partial charge in [-0.25, -0.2) is 9.89 Å². The van der Waals surface area contributed by atoms with Crippen molar-refractivity contribution in [3.63, 3.8) is 0 Å². The Kier molecular flexibility index (Phi) is 2.52. The SMILES string of the molecule is Cc1ccc([N+]2=C(N)NC(N)=NC2C)cc1. The van der Waals surface area contributed by atoms with Crippen molar-refractivity contribution in [2.45, 2.75) is 20.0 Å². The lowest BCUT2D eigenvalue weighted by atomic mass is 10.2. The first-order chi connectivity index (χ1) is 7.58. The van der Waals surface area contributed by atoms with Crippen molar-refractivity contribution in [1.82, 2.24) is 5.32 Å². The van der Waals surface area contributed by atoms with Crippen molar-refractivity contribution in [3.05, 3.63) is 29.8 Å². The second-order valence-electron chi connectivity index (χ2n) is 3.86. The van der Waals surface area contributed by atoms with E-state index in [0.29, 0.717) is 11.9 Å². The van der Waals surface area contributed by atoms with Gasteiger partial charge in [-0.2, -0.15) is 4.99 Å². The number of nitrogens with zero attached hydrogens (tertiary/aromatic N) is 2. The summed E-state index contributed by atoms with van der Waals surface area (Å²) in [6.07, 6.45) is -0.0936. The molecule has 1 aromatic carbocycles. The summed E-state index contributed by atoms with van der Waals surface area (Å²) in [6.45, 7) is 3.99. The summed E-state index contributed by atoms with van der Waals surface area (Å²) < 4.78 is 1.90. The van der Waals surface area contributed by atoms with Gasteiger partial charge >= 0.3 is 5.96 Å². The summed E-state index contributed by atoms with van der Waals surface area (Å²) >= 11 is 0. The highest BCUT2D eigenvalue weighted by Gasteiger charge is 2.23. The monoisotopic (exact) mass is 218 g/mol. The number of hydrogen-bond acceptors (Lipinski definition) is 4. The Morgan fingerprint density at radius 1 is 1.25 bits per heavy atom. The van der Waals surface area contributed by atoms with Crippen LogP contribution in [0.15, 0.2) is 29.3 Å². The van der Waals surface area contributed by atoms with Gasteiger partial charge in [-0.1, -0.05) is 17.7 Å². The van der Waals surface area contributed by atoms with Crippen LogP contribution in [-0.2, 0) is 0 Å². The summed E-state index contributed by atoms with van der Waals surface area (Å²) in [5.41, 5.74) is 13.7. The Morgan fingerprint density at radius 3 is 2.44 bits per heavy atom. The van der Waals surface area contributed by atoms with Gasteiger partial charge < -0.3 is 5.73 Å². The third-order valence-corrected chi connectivity index (χ3v) is 2.53. The van der Waals surface area contributed by atoms with Gasteiger partial charge in [0, 0.05) is 0 Å². The van der Waals surface area contributed by atoms with Crippen LogP contribution in [0.5, 0.6) is 0 Å². The second-order valence-corrected chi connectivity index (χ2v) is 3.86. The molecule has 0 amide bonds. The minimum absolute atomic E-state index is 0.0936. The Hall–Kier alpha value is -2.04. The van der Waals surface area contributed by atoms with Gasteiger partial charge in [0.1, 0.15) is 5.69 Å². The van der Waals surface area contributed by atoms with E-state index in [1.54, 1.807) is 0 Å². The smallest absolute Gasteiger partial charge is 0.357 e. The zero-order valence-corrected chi connectivity index (χ0v) is 9.44. The lowest BCUT2D eigenvalue weighted by molar-refractivity contribution is -0.482. The average Bonchev–Trinajstić information content (AvgIpc) is 2.19. The van der Waals surface area contributed by atoms with E-state index in [2.05, 4.69) is 10.3 Å². The third kappa shape index (κ3) is 1.84. The van der Waals surface area contributed by atoms with E-state index in [1.165, 1.54) is 5.56 Å². The number of hydrogen-bond donors (Lipinski definition) is 3. The van der Waals surface area contributed by atoms with Crippen LogP contribution in [-0.4, -0.2) is 22.7 Å². The molecule has 1 aromatic rings. The molecular weight excluding hydrogens is 202 g/mol. The van der Waals surface area contributed by atoms with Crippen molar-refractivity contribution in [2.75, 3.05) is 0 Å². The summed E-state index contributed by atoms with van der Waals surface area (Å²) in [4.78, 5) is 4.22. The first kappa shape index (κ1) is 10.5. The molecule has 5 N–H and O–H groups in total. The highest BCUT2D eigenvalue weighted by molar-refractivity contribution is 5.96. The van der Waals surface area contributed by atoms with Gasteiger partial charge in [0.2, 0.25) is 0 Å². The van der Waals surface area contributed by atoms with E-state index in [4.69, 9.17) is 11.5 Å². The molecule has 0 saturated carbocycles. The van der Waals surface area contributed by atoms with Crippen LogP contribution in [0.3, 0.4) is 0 Å². The molecule has 5 nitrogen and oxygen atoms in total. The summed E-state index contributed by atoms with van der Waals surface area (Å²) in [7, 11) is 0. The highest BCUT2D eigenvalue weighted by atomic mass is 15.3. The van der Waals surface area contributed by atoms with Crippen LogP contribution in [0.2, 0.25) is 0 Å². The Bertz CT molecular complexity index is 458. The molecule has 2 rings (SSSR count). The zero-order chi connectivity index (χ0) is 11.7. The van der Waals surface area contributed by atoms with Crippen molar-refractivity contribution < 1.29 is 4.58 Å². The molecular formula is C11H16N5+. The lowest BCUT2D eigenvalue weighted by Gasteiger charge is -2.19. The number of nitrogens with one attached hydrogen (secondary N) is 1. The first-order valence-corrected chi connectivity index (χ1v) is 5.16. The molecule has 0 fully saturated rings. The fourth-order valence-corrected chi connectivity index (χ4v) is 1.74. The van der Waals surface area contributed by atoms with Crippen LogP contribution in [0, 0.1) is 6.92 Å². The standard InChI is InChI=1S/C11H15N5/c1-7-3-5-9(6-4-7)16-8(2)14-10(12)15-11(16)13/h3-6,8H,1-2H3,(H4,12,13,14,15)/p+1. The molecule has 1 unspecified atom stereocenters. The predicted molar refractivity (Wildman–Crippen MR) is 64.5 cm³/mol. The number of aryl methyl sites for hydroxylation is 1. The molecule has 1 atom stereocenters. The van der Waals surface area contributed by atoms with E-state index >= 15 is 0 Å². The maximum Gasteiger partial charge on any atom is 0.357 e. The number of guanidine groups is 2. The van der Waals surface area contributed by atoms with Gasteiger partial charge in [0.25, 0.3) is 5.96 Å². The lowest BCUT2D eigenvalue weighted by Crippen LogP contribution is -2.51. The van der Waals surface area contributed by atoms with E-state index in [1.807, 2.05) is 42.7 Å². The van der Waals surface area contributed by atoms with Crippen LogP contribution in [0.1, 0.15) is 12.5 Å². The van der Waals surface area contributed by atoms with Gasteiger partial charge in [-0.15, -0.1) is 0 Å². The fourth-order valence-electron chi connectivity index (χ4n) is 1.74. The molecule has 0 aliphatic carbocycles. The largest absolute Gasteiger partial charge is 0.357 e. The average molecular weight is 218 g/mol. The topological polar surface area (TPSA) is 79.4 Å². The molecule has 0 bridgehead atoms. The van der Waals surface area contributed by atoms with Crippen molar-refractivity contribution >= 4 is 17.6 Å². The highest BCUT2D eigenvalue weighted by Crippen LogP contribution is 2.16. The minimum Gasteiger partial charge on any atom is -0.357 e. The van der Waals surface area contributed by atoms with Crippen LogP contribution in [0.25, 0.3) is 0 Å². The van der Waals surface area contributed by atoms with Crippen LogP contribution < -0.4 is 16.8 Å². The Balaban J connectivity index is 2.40. The molecule has 0 spiro atoms. The van der Waals surface area contributed by atoms with Crippen LogP contribution >= 0.6 is 0 Å². The third-order valence-electron chi connectivity index (χ3n) is 2.53. The van der Waals surface area contributed by atoms with E-state index in [0.717, 1.165) is 5.69 Å². The zero-order valence-electron chi connectivity index (χ0n) is 9.44. The van der Waals surface area contributed by atoms with Crippen LogP contribution in [0.4, 0.5) is 5.69 Å². The van der Waals surface area contributed by atoms with Gasteiger partial charge in [0.05, 0.1) is 0 Å². The number of aliphatic imine (C=N–C) groups is 1. The summed E-state index contributed by atoms with van der Waals surface area (Å²) in [6, 6.07) is 8.10. The molecule has 16 heavy (non-hydrogen) atoms. The number of benzene rings is 1. The quantitative estimate of drug-likeness (QED) is 0.590. The number of rotatable bonds is 1.